The predicted octanol–water partition coefficient (Wildman–Crippen LogP) is 2.95. The molecule has 0 bridgehead atoms. The first-order valence-corrected chi connectivity index (χ1v) is 9.74. The number of amides is 1. The van der Waals surface area contributed by atoms with Gasteiger partial charge in [-0.2, -0.15) is 5.10 Å². The maximum Gasteiger partial charge on any atom is 0.335 e. The largest absolute Gasteiger partial charge is 0.478 e. The van der Waals surface area contributed by atoms with E-state index in [4.69, 9.17) is 4.74 Å². The summed E-state index contributed by atoms with van der Waals surface area (Å²) in [5.41, 5.74) is 2.64. The molecule has 7 nitrogen and oxygen atoms in total. The van der Waals surface area contributed by atoms with E-state index in [1.165, 1.54) is 0 Å². The topological polar surface area (TPSA) is 84.7 Å². The van der Waals surface area contributed by atoms with Gasteiger partial charge in [0.25, 0.3) is 5.91 Å². The first-order valence-electron chi connectivity index (χ1n) is 9.74. The number of rotatable bonds is 7. The standard InChI is InChI=1S/C21H27N3O4/c1-3-28-11-10-24-19(12-15(2)22-24)20(25)23-9-5-8-18(14-23)16-6-4-7-17(13-16)21(26)27/h4,6-7,12-13,18H,3,5,8-11,14H2,1-2H3,(H,26,27). The SMILES string of the molecule is CCOCCn1nc(C)cc1C(=O)N1CCCC(c2cccc(C(=O)O)c2)C1. The molecular weight excluding hydrogens is 358 g/mol. The minimum atomic E-state index is -0.931. The van der Waals surface area contributed by atoms with Crippen LogP contribution in [-0.4, -0.2) is 58.0 Å². The molecule has 1 aliphatic rings. The van der Waals surface area contributed by atoms with Gasteiger partial charge in [0, 0.05) is 25.6 Å². The van der Waals surface area contributed by atoms with Crippen molar-refractivity contribution in [3.05, 3.63) is 52.8 Å². The molecule has 2 heterocycles. The van der Waals surface area contributed by atoms with Crippen molar-refractivity contribution < 1.29 is 19.4 Å². The number of hydrogen-bond donors (Lipinski definition) is 1. The van der Waals surface area contributed by atoms with Gasteiger partial charge in [-0.25, -0.2) is 4.79 Å². The van der Waals surface area contributed by atoms with Crippen LogP contribution in [0.3, 0.4) is 0 Å². The third-order valence-corrected chi connectivity index (χ3v) is 5.09. The van der Waals surface area contributed by atoms with Gasteiger partial charge in [-0.3, -0.25) is 9.48 Å². The van der Waals surface area contributed by atoms with Crippen molar-refractivity contribution in [3.8, 4) is 0 Å². The van der Waals surface area contributed by atoms with E-state index in [9.17, 15) is 14.7 Å². The van der Waals surface area contributed by atoms with Crippen LogP contribution in [0, 0.1) is 6.92 Å². The number of carboxylic acids is 1. The predicted molar refractivity (Wildman–Crippen MR) is 105 cm³/mol. The smallest absolute Gasteiger partial charge is 0.335 e. The molecule has 1 aromatic heterocycles. The summed E-state index contributed by atoms with van der Waals surface area (Å²) < 4.78 is 7.12. The van der Waals surface area contributed by atoms with Crippen LogP contribution in [0.5, 0.6) is 0 Å². The lowest BCUT2D eigenvalue weighted by Gasteiger charge is -2.33. The van der Waals surface area contributed by atoms with Crippen LogP contribution in [0.15, 0.2) is 30.3 Å². The molecule has 150 valence electrons. The molecular formula is C21H27N3O4. The van der Waals surface area contributed by atoms with Crippen molar-refractivity contribution in [2.75, 3.05) is 26.3 Å². The molecule has 0 aliphatic carbocycles. The second-order valence-electron chi connectivity index (χ2n) is 7.11. The highest BCUT2D eigenvalue weighted by Gasteiger charge is 2.28. The van der Waals surface area contributed by atoms with Crippen LogP contribution in [-0.2, 0) is 11.3 Å². The molecule has 3 rings (SSSR count). The minimum Gasteiger partial charge on any atom is -0.478 e. The van der Waals surface area contributed by atoms with E-state index >= 15 is 0 Å². The number of carboxylic acid groups (broad SMARTS) is 1. The fourth-order valence-corrected chi connectivity index (χ4v) is 3.70. The Hall–Kier alpha value is -2.67. The summed E-state index contributed by atoms with van der Waals surface area (Å²) in [5.74, 6) is -0.826. The monoisotopic (exact) mass is 385 g/mol. The van der Waals surface area contributed by atoms with Crippen molar-refractivity contribution in [1.82, 2.24) is 14.7 Å². The Labute approximate surface area is 164 Å². The molecule has 0 saturated carbocycles. The van der Waals surface area contributed by atoms with Gasteiger partial charge in [-0.05, 0) is 50.5 Å². The number of ether oxygens (including phenoxy) is 1. The van der Waals surface area contributed by atoms with Crippen molar-refractivity contribution in [2.24, 2.45) is 0 Å². The van der Waals surface area contributed by atoms with Crippen molar-refractivity contribution >= 4 is 11.9 Å². The van der Waals surface area contributed by atoms with E-state index in [0.717, 1.165) is 24.1 Å². The number of piperidine rings is 1. The molecule has 1 unspecified atom stereocenters. The van der Waals surface area contributed by atoms with Gasteiger partial charge in [-0.15, -0.1) is 0 Å². The zero-order valence-electron chi connectivity index (χ0n) is 16.4. The number of carbonyl (C=O) groups is 2. The van der Waals surface area contributed by atoms with E-state index in [1.807, 2.05) is 30.9 Å². The minimum absolute atomic E-state index is 0.0313. The lowest BCUT2D eigenvalue weighted by Crippen LogP contribution is -2.40. The average molecular weight is 385 g/mol. The number of likely N-dealkylation sites (tertiary alicyclic amines) is 1. The van der Waals surface area contributed by atoms with Crippen molar-refractivity contribution in [1.29, 1.82) is 0 Å². The Morgan fingerprint density at radius 3 is 2.89 bits per heavy atom. The third-order valence-electron chi connectivity index (χ3n) is 5.09. The number of hydrogen-bond acceptors (Lipinski definition) is 4. The lowest BCUT2D eigenvalue weighted by atomic mass is 9.89. The van der Waals surface area contributed by atoms with Gasteiger partial charge in [0.05, 0.1) is 24.4 Å². The molecule has 0 spiro atoms. The maximum atomic E-state index is 13.1. The summed E-state index contributed by atoms with van der Waals surface area (Å²) in [6, 6.07) is 8.85. The third kappa shape index (κ3) is 4.59. The number of aromatic nitrogens is 2. The Balaban J connectivity index is 1.75. The summed E-state index contributed by atoms with van der Waals surface area (Å²) in [5, 5.41) is 13.7. The molecule has 1 fully saturated rings. The van der Waals surface area contributed by atoms with E-state index in [2.05, 4.69) is 5.10 Å². The van der Waals surface area contributed by atoms with E-state index in [1.54, 1.807) is 22.9 Å². The van der Waals surface area contributed by atoms with Gasteiger partial charge in [-0.1, -0.05) is 12.1 Å². The number of aryl methyl sites for hydroxylation is 1. The normalized spacial score (nSPS) is 16.9. The van der Waals surface area contributed by atoms with Crippen LogP contribution < -0.4 is 0 Å². The van der Waals surface area contributed by atoms with Crippen LogP contribution in [0.4, 0.5) is 0 Å². The fourth-order valence-electron chi connectivity index (χ4n) is 3.70. The van der Waals surface area contributed by atoms with Crippen LogP contribution in [0.1, 0.15) is 57.8 Å². The molecule has 1 amide bonds. The lowest BCUT2D eigenvalue weighted by molar-refractivity contribution is 0.0679. The van der Waals surface area contributed by atoms with Gasteiger partial charge in [0.2, 0.25) is 0 Å². The first kappa shape index (κ1) is 20.1. The first-order chi connectivity index (χ1) is 13.5. The Kier molecular flexibility index (Phi) is 6.46. The van der Waals surface area contributed by atoms with Gasteiger partial charge < -0.3 is 14.7 Å². The van der Waals surface area contributed by atoms with Crippen molar-refractivity contribution in [2.45, 2.75) is 39.2 Å². The van der Waals surface area contributed by atoms with Crippen molar-refractivity contribution in [3.63, 3.8) is 0 Å². The fraction of sp³-hybridized carbons (Fsp3) is 0.476. The number of benzene rings is 1. The zero-order chi connectivity index (χ0) is 20.1. The molecule has 1 saturated heterocycles. The number of carbonyl (C=O) groups excluding carboxylic acids is 1. The second-order valence-corrected chi connectivity index (χ2v) is 7.11. The highest BCUT2D eigenvalue weighted by atomic mass is 16.5. The quantitative estimate of drug-likeness (QED) is 0.741. The summed E-state index contributed by atoms with van der Waals surface area (Å²) in [4.78, 5) is 26.3. The summed E-state index contributed by atoms with van der Waals surface area (Å²) >= 11 is 0. The molecule has 1 atom stereocenters. The van der Waals surface area contributed by atoms with Crippen LogP contribution in [0.2, 0.25) is 0 Å². The Bertz CT molecular complexity index is 846. The molecule has 1 N–H and O–H groups in total. The molecule has 1 aliphatic heterocycles. The van der Waals surface area contributed by atoms with E-state index < -0.39 is 5.97 Å². The molecule has 2 aromatic rings. The van der Waals surface area contributed by atoms with E-state index in [-0.39, 0.29) is 17.4 Å². The summed E-state index contributed by atoms with van der Waals surface area (Å²) in [6.07, 6.45) is 1.83. The van der Waals surface area contributed by atoms with Crippen LogP contribution in [0.25, 0.3) is 0 Å². The Morgan fingerprint density at radius 1 is 1.32 bits per heavy atom. The molecule has 7 heteroatoms. The summed E-state index contributed by atoms with van der Waals surface area (Å²) in [7, 11) is 0. The summed E-state index contributed by atoms with van der Waals surface area (Å²) in [6.45, 7) is 6.79. The highest BCUT2D eigenvalue weighted by Crippen LogP contribution is 2.28. The molecule has 1 aromatic carbocycles. The maximum absolute atomic E-state index is 13.1. The number of nitrogens with zero attached hydrogens (tertiary/aromatic N) is 3. The number of aromatic carboxylic acids is 1. The average Bonchev–Trinajstić information content (AvgIpc) is 3.08. The van der Waals surface area contributed by atoms with E-state index in [0.29, 0.717) is 38.5 Å². The molecule has 0 radical (unpaired) electrons. The molecule has 28 heavy (non-hydrogen) atoms. The van der Waals surface area contributed by atoms with Gasteiger partial charge in [0.15, 0.2) is 0 Å². The van der Waals surface area contributed by atoms with Gasteiger partial charge in [0.1, 0.15) is 5.69 Å². The Morgan fingerprint density at radius 2 is 2.14 bits per heavy atom. The second kappa shape index (κ2) is 9.01. The van der Waals surface area contributed by atoms with Crippen LogP contribution >= 0.6 is 0 Å². The zero-order valence-corrected chi connectivity index (χ0v) is 16.4. The van der Waals surface area contributed by atoms with Gasteiger partial charge >= 0.3 is 5.97 Å². The highest BCUT2D eigenvalue weighted by molar-refractivity contribution is 5.93.